The first kappa shape index (κ1) is 8.31. The fraction of sp³-hybridized carbons (Fsp3) is 0.600. The first-order chi connectivity index (χ1) is 4.35. The van der Waals surface area contributed by atoms with E-state index in [2.05, 4.69) is 4.99 Å². The summed E-state index contributed by atoms with van der Waals surface area (Å²) in [4.78, 5) is 3.40. The average molecular weight is 144 g/mol. The van der Waals surface area contributed by atoms with Crippen molar-refractivity contribution in [3.8, 4) is 6.19 Å². The predicted molar refractivity (Wildman–Crippen MR) is 38.2 cm³/mol. The molecule has 0 aliphatic heterocycles. The molecule has 0 aliphatic rings. The molecule has 0 rings (SSSR count). The Morgan fingerprint density at radius 3 is 2.89 bits per heavy atom. The third-order valence-electron chi connectivity index (χ3n) is 0.584. The van der Waals surface area contributed by atoms with Crippen molar-refractivity contribution in [3.63, 3.8) is 0 Å². The van der Waals surface area contributed by atoms with Crippen molar-refractivity contribution in [3.05, 3.63) is 0 Å². The maximum absolute atomic E-state index is 8.06. The molecule has 0 amide bonds. The van der Waals surface area contributed by atoms with Gasteiger partial charge in [0.2, 0.25) is 6.19 Å². The van der Waals surface area contributed by atoms with Crippen molar-refractivity contribution < 1.29 is 4.74 Å². The number of rotatable bonds is 1. The van der Waals surface area contributed by atoms with E-state index in [1.807, 2.05) is 13.2 Å². The third-order valence-corrected chi connectivity index (χ3v) is 1.14. The van der Waals surface area contributed by atoms with Gasteiger partial charge in [-0.15, -0.1) is 4.99 Å². The zero-order valence-corrected chi connectivity index (χ0v) is 6.23. The number of ether oxygens (including phenoxy) is 1. The summed E-state index contributed by atoms with van der Waals surface area (Å²) < 4.78 is 4.92. The zero-order chi connectivity index (χ0) is 7.11. The van der Waals surface area contributed by atoms with E-state index >= 15 is 0 Å². The van der Waals surface area contributed by atoms with E-state index < -0.39 is 0 Å². The molecule has 0 aliphatic carbocycles. The molecular weight excluding hydrogens is 136 g/mol. The Labute approximate surface area is 58.7 Å². The standard InChI is InChI=1S/C5H8N2OS/c1-3-8-5(9-2)7-4-6/h3H2,1-2H3. The topological polar surface area (TPSA) is 45.4 Å². The highest BCUT2D eigenvalue weighted by atomic mass is 32.2. The molecule has 0 bridgehead atoms. The second-order valence-electron chi connectivity index (χ2n) is 1.11. The molecule has 0 atom stereocenters. The monoisotopic (exact) mass is 144 g/mol. The van der Waals surface area contributed by atoms with Crippen LogP contribution in [0.15, 0.2) is 4.99 Å². The molecule has 0 aromatic carbocycles. The van der Waals surface area contributed by atoms with E-state index in [0.717, 1.165) is 0 Å². The quantitative estimate of drug-likeness (QED) is 0.316. The summed E-state index contributed by atoms with van der Waals surface area (Å²) in [6.07, 6.45) is 3.46. The van der Waals surface area contributed by atoms with Gasteiger partial charge in [0, 0.05) is 0 Å². The Bertz CT molecular complexity index is 138. The van der Waals surface area contributed by atoms with E-state index in [-0.39, 0.29) is 0 Å². The van der Waals surface area contributed by atoms with Crippen LogP contribution >= 0.6 is 11.8 Å². The minimum Gasteiger partial charge on any atom is -0.473 e. The molecule has 0 spiro atoms. The maximum Gasteiger partial charge on any atom is 0.260 e. The minimum atomic E-state index is 0.431. The van der Waals surface area contributed by atoms with Gasteiger partial charge in [0.05, 0.1) is 6.61 Å². The summed E-state index contributed by atoms with van der Waals surface area (Å²) in [6, 6.07) is 0. The number of hydrogen-bond acceptors (Lipinski definition) is 4. The lowest BCUT2D eigenvalue weighted by Crippen LogP contribution is -1.97. The molecule has 0 heterocycles. The summed E-state index contributed by atoms with van der Waals surface area (Å²) in [7, 11) is 0. The number of thioether (sulfide) groups is 1. The molecule has 9 heavy (non-hydrogen) atoms. The Morgan fingerprint density at radius 1 is 1.89 bits per heavy atom. The number of nitrogens with zero attached hydrogens (tertiary/aromatic N) is 2. The number of aliphatic imine (C=N–C) groups is 1. The van der Waals surface area contributed by atoms with Crippen LogP contribution in [0.25, 0.3) is 0 Å². The highest BCUT2D eigenvalue weighted by molar-refractivity contribution is 8.12. The van der Waals surface area contributed by atoms with Gasteiger partial charge in [-0.3, -0.25) is 0 Å². The molecular formula is C5H8N2OS. The van der Waals surface area contributed by atoms with E-state index in [0.29, 0.717) is 11.8 Å². The molecule has 0 N–H and O–H groups in total. The summed E-state index contributed by atoms with van der Waals surface area (Å²) in [5.74, 6) is 0. The Morgan fingerprint density at radius 2 is 2.56 bits per heavy atom. The van der Waals surface area contributed by atoms with Crippen molar-refractivity contribution in [1.29, 1.82) is 5.26 Å². The van der Waals surface area contributed by atoms with Crippen LogP contribution in [0.2, 0.25) is 0 Å². The van der Waals surface area contributed by atoms with E-state index in [9.17, 15) is 0 Å². The van der Waals surface area contributed by atoms with Gasteiger partial charge >= 0.3 is 0 Å². The third kappa shape index (κ3) is 3.86. The lowest BCUT2D eigenvalue weighted by molar-refractivity contribution is 0.338. The molecule has 3 nitrogen and oxygen atoms in total. The lowest BCUT2D eigenvalue weighted by Gasteiger charge is -1.98. The fourth-order valence-corrected chi connectivity index (χ4v) is 0.669. The Balaban J connectivity index is 3.70. The van der Waals surface area contributed by atoms with Gasteiger partial charge in [-0.2, -0.15) is 5.26 Å². The van der Waals surface area contributed by atoms with E-state index in [1.165, 1.54) is 11.8 Å². The van der Waals surface area contributed by atoms with Crippen LogP contribution in [-0.4, -0.2) is 18.1 Å². The predicted octanol–water partition coefficient (Wildman–Crippen LogP) is 1.22. The van der Waals surface area contributed by atoms with Gasteiger partial charge < -0.3 is 4.74 Å². The van der Waals surface area contributed by atoms with Gasteiger partial charge in [0.15, 0.2) is 0 Å². The van der Waals surface area contributed by atoms with Crippen LogP contribution in [0.4, 0.5) is 0 Å². The molecule has 4 heteroatoms. The van der Waals surface area contributed by atoms with Crippen molar-refractivity contribution in [1.82, 2.24) is 0 Å². The molecule has 0 radical (unpaired) electrons. The number of hydrogen-bond donors (Lipinski definition) is 0. The normalized spacial score (nSPS) is 10.6. The molecule has 0 unspecified atom stereocenters. The summed E-state index contributed by atoms with van der Waals surface area (Å²) >= 11 is 1.32. The maximum atomic E-state index is 8.06. The summed E-state index contributed by atoms with van der Waals surface area (Å²) in [5.41, 5.74) is 0. The number of nitriles is 1. The second kappa shape index (κ2) is 5.45. The first-order valence-corrected chi connectivity index (χ1v) is 3.71. The Hall–Kier alpha value is -0.690. The molecule has 0 saturated heterocycles. The molecule has 0 aromatic heterocycles. The van der Waals surface area contributed by atoms with Gasteiger partial charge in [0.1, 0.15) is 0 Å². The first-order valence-electron chi connectivity index (χ1n) is 2.48. The van der Waals surface area contributed by atoms with Crippen LogP contribution in [0.1, 0.15) is 6.92 Å². The smallest absolute Gasteiger partial charge is 0.260 e. The SMILES string of the molecule is CCOC(=NC#N)SC. The van der Waals surface area contributed by atoms with Crippen LogP contribution in [-0.2, 0) is 4.74 Å². The summed E-state index contributed by atoms with van der Waals surface area (Å²) in [5, 5.41) is 8.49. The largest absolute Gasteiger partial charge is 0.473 e. The van der Waals surface area contributed by atoms with Gasteiger partial charge in [-0.1, -0.05) is 11.8 Å². The van der Waals surface area contributed by atoms with Crippen molar-refractivity contribution in [2.75, 3.05) is 12.9 Å². The highest BCUT2D eigenvalue weighted by Gasteiger charge is 1.92. The minimum absolute atomic E-state index is 0.431. The van der Waals surface area contributed by atoms with Crippen LogP contribution in [0.3, 0.4) is 0 Å². The second-order valence-corrected chi connectivity index (χ2v) is 1.87. The molecule has 0 saturated carbocycles. The van der Waals surface area contributed by atoms with Gasteiger partial charge in [0.25, 0.3) is 5.23 Å². The van der Waals surface area contributed by atoms with Gasteiger partial charge in [-0.05, 0) is 13.2 Å². The van der Waals surface area contributed by atoms with Crippen LogP contribution in [0.5, 0.6) is 0 Å². The zero-order valence-electron chi connectivity index (χ0n) is 5.42. The molecule has 0 fully saturated rings. The van der Waals surface area contributed by atoms with Crippen molar-refractivity contribution in [2.45, 2.75) is 6.92 Å². The molecule has 50 valence electrons. The summed E-state index contributed by atoms with van der Waals surface area (Å²) in [6.45, 7) is 2.41. The van der Waals surface area contributed by atoms with E-state index in [1.54, 1.807) is 6.19 Å². The highest BCUT2D eigenvalue weighted by Crippen LogP contribution is 1.98. The van der Waals surface area contributed by atoms with Crippen LogP contribution < -0.4 is 0 Å². The van der Waals surface area contributed by atoms with Crippen molar-refractivity contribution in [2.24, 2.45) is 4.99 Å². The van der Waals surface area contributed by atoms with Crippen LogP contribution in [0, 0.1) is 11.5 Å². The fourth-order valence-electron chi connectivity index (χ4n) is 0.301. The lowest BCUT2D eigenvalue weighted by atomic mass is 10.9. The van der Waals surface area contributed by atoms with E-state index in [4.69, 9.17) is 10.00 Å². The van der Waals surface area contributed by atoms with Gasteiger partial charge in [-0.25, -0.2) is 0 Å². The van der Waals surface area contributed by atoms with Crippen molar-refractivity contribution >= 4 is 17.0 Å². The molecule has 0 aromatic rings. The Kier molecular flexibility index (Phi) is 5.03. The average Bonchev–Trinajstić information content (AvgIpc) is 1.88.